The molecule has 6 heteroatoms. The summed E-state index contributed by atoms with van der Waals surface area (Å²) in [6.07, 6.45) is 2.10. The summed E-state index contributed by atoms with van der Waals surface area (Å²) in [4.78, 5) is 0. The van der Waals surface area contributed by atoms with Crippen molar-refractivity contribution in [3.63, 3.8) is 0 Å². The van der Waals surface area contributed by atoms with E-state index in [1.54, 1.807) is 0 Å². The SMILES string of the molecule is Cn1cc(CNCc2cccc3nsnc23)c(C(C)(C)C)n1. The maximum absolute atomic E-state index is 4.61. The van der Waals surface area contributed by atoms with Gasteiger partial charge in [0.15, 0.2) is 0 Å². The quantitative estimate of drug-likeness (QED) is 0.804. The second kappa shape index (κ2) is 5.78. The largest absolute Gasteiger partial charge is 0.308 e. The molecule has 0 saturated heterocycles. The molecule has 3 rings (SSSR count). The summed E-state index contributed by atoms with van der Waals surface area (Å²) in [6, 6.07) is 6.14. The lowest BCUT2D eigenvalue weighted by Gasteiger charge is -2.17. The van der Waals surface area contributed by atoms with Gasteiger partial charge in [-0.05, 0) is 11.6 Å². The number of hydrogen-bond donors (Lipinski definition) is 1. The fraction of sp³-hybridized carbons (Fsp3) is 0.438. The minimum atomic E-state index is 0.0527. The fourth-order valence-corrected chi connectivity index (χ4v) is 3.20. The molecule has 1 N–H and O–H groups in total. The average molecular weight is 315 g/mol. The first-order valence-electron chi connectivity index (χ1n) is 7.39. The van der Waals surface area contributed by atoms with Gasteiger partial charge in [0.05, 0.1) is 17.4 Å². The molecule has 0 amide bonds. The van der Waals surface area contributed by atoms with E-state index >= 15 is 0 Å². The van der Waals surface area contributed by atoms with Gasteiger partial charge in [0.25, 0.3) is 0 Å². The first-order chi connectivity index (χ1) is 10.4. The van der Waals surface area contributed by atoms with Crippen LogP contribution < -0.4 is 5.32 Å². The van der Waals surface area contributed by atoms with Gasteiger partial charge in [0.2, 0.25) is 0 Å². The van der Waals surface area contributed by atoms with Gasteiger partial charge in [-0.25, -0.2) is 0 Å². The van der Waals surface area contributed by atoms with E-state index in [-0.39, 0.29) is 5.41 Å². The maximum atomic E-state index is 4.61. The predicted molar refractivity (Wildman–Crippen MR) is 89.9 cm³/mol. The third kappa shape index (κ3) is 3.03. The molecule has 0 saturated carbocycles. The highest BCUT2D eigenvalue weighted by Crippen LogP contribution is 2.24. The Balaban J connectivity index is 1.73. The first kappa shape index (κ1) is 15.1. The van der Waals surface area contributed by atoms with Crippen LogP contribution in [0.15, 0.2) is 24.4 Å². The number of nitrogens with one attached hydrogen (secondary N) is 1. The molecule has 0 radical (unpaired) electrons. The Hall–Kier alpha value is -1.79. The zero-order valence-electron chi connectivity index (χ0n) is 13.4. The summed E-state index contributed by atoms with van der Waals surface area (Å²) in [5.74, 6) is 0. The van der Waals surface area contributed by atoms with Crippen LogP contribution in [0.3, 0.4) is 0 Å². The van der Waals surface area contributed by atoms with E-state index in [4.69, 9.17) is 0 Å². The molecule has 0 spiro atoms. The van der Waals surface area contributed by atoms with Gasteiger partial charge in [-0.1, -0.05) is 32.9 Å². The molecule has 0 aliphatic rings. The topological polar surface area (TPSA) is 55.6 Å². The van der Waals surface area contributed by atoms with Crippen LogP contribution in [-0.4, -0.2) is 18.5 Å². The van der Waals surface area contributed by atoms with E-state index in [1.807, 2.05) is 23.9 Å². The maximum Gasteiger partial charge on any atom is 0.109 e. The van der Waals surface area contributed by atoms with Crippen molar-refractivity contribution in [3.8, 4) is 0 Å². The van der Waals surface area contributed by atoms with Crippen LogP contribution in [0.2, 0.25) is 0 Å². The molecule has 5 nitrogen and oxygen atoms in total. The van der Waals surface area contributed by atoms with Crippen LogP contribution in [0, 0.1) is 0 Å². The molecule has 116 valence electrons. The van der Waals surface area contributed by atoms with Gasteiger partial charge in [0, 0.05) is 37.3 Å². The summed E-state index contributed by atoms with van der Waals surface area (Å²) < 4.78 is 10.6. The molecule has 0 fully saturated rings. The summed E-state index contributed by atoms with van der Waals surface area (Å²) in [6.45, 7) is 8.16. The third-order valence-corrected chi connectivity index (χ3v) is 4.16. The van der Waals surface area contributed by atoms with E-state index in [0.29, 0.717) is 0 Å². The number of fused-ring (bicyclic) bond motifs is 1. The molecule has 1 aromatic carbocycles. The molecule has 0 unspecified atom stereocenters. The molecular weight excluding hydrogens is 294 g/mol. The third-order valence-electron chi connectivity index (χ3n) is 3.62. The molecule has 0 aliphatic heterocycles. The zero-order chi connectivity index (χ0) is 15.7. The predicted octanol–water partition coefficient (Wildman–Crippen LogP) is 3.01. The fourth-order valence-electron chi connectivity index (χ4n) is 2.64. The van der Waals surface area contributed by atoms with Crippen LogP contribution in [0.5, 0.6) is 0 Å². The lowest BCUT2D eigenvalue weighted by Crippen LogP contribution is -2.19. The number of aryl methyl sites for hydroxylation is 1. The Kier molecular flexibility index (Phi) is 3.97. The van der Waals surface area contributed by atoms with Crippen LogP contribution in [0.1, 0.15) is 37.6 Å². The number of rotatable bonds is 4. The molecule has 0 bridgehead atoms. The monoisotopic (exact) mass is 315 g/mol. The minimum Gasteiger partial charge on any atom is -0.308 e. The second-order valence-corrected chi connectivity index (χ2v) is 7.11. The summed E-state index contributed by atoms with van der Waals surface area (Å²) in [7, 11) is 1.97. The highest BCUT2D eigenvalue weighted by Gasteiger charge is 2.21. The lowest BCUT2D eigenvalue weighted by molar-refractivity contribution is 0.543. The van der Waals surface area contributed by atoms with Crippen molar-refractivity contribution in [2.75, 3.05) is 0 Å². The summed E-state index contributed by atoms with van der Waals surface area (Å²) in [5, 5.41) is 8.11. The standard InChI is InChI=1S/C16H21N5S/c1-16(2,3)15-12(10-21(4)18-15)9-17-8-11-6-5-7-13-14(11)20-22-19-13/h5-7,10,17H,8-9H2,1-4H3. The van der Waals surface area contributed by atoms with Crippen molar-refractivity contribution in [2.24, 2.45) is 7.05 Å². The van der Waals surface area contributed by atoms with Crippen LogP contribution in [-0.2, 0) is 25.6 Å². The highest BCUT2D eigenvalue weighted by molar-refractivity contribution is 7.00. The van der Waals surface area contributed by atoms with Gasteiger partial charge in [-0.3, -0.25) is 4.68 Å². The molecule has 2 heterocycles. The van der Waals surface area contributed by atoms with E-state index in [0.717, 1.165) is 29.8 Å². The Morgan fingerprint density at radius 2 is 1.91 bits per heavy atom. The molecule has 0 aliphatic carbocycles. The molecule has 22 heavy (non-hydrogen) atoms. The molecule has 0 atom stereocenters. The van der Waals surface area contributed by atoms with E-state index in [1.165, 1.54) is 22.9 Å². The molecule has 3 aromatic rings. The van der Waals surface area contributed by atoms with Crippen molar-refractivity contribution < 1.29 is 0 Å². The smallest absolute Gasteiger partial charge is 0.109 e. The van der Waals surface area contributed by atoms with Crippen molar-refractivity contribution >= 4 is 22.8 Å². The van der Waals surface area contributed by atoms with Gasteiger partial charge in [-0.15, -0.1) is 0 Å². The Morgan fingerprint density at radius 1 is 1.14 bits per heavy atom. The number of nitrogens with zero attached hydrogens (tertiary/aromatic N) is 4. The van der Waals surface area contributed by atoms with Gasteiger partial charge < -0.3 is 5.32 Å². The van der Waals surface area contributed by atoms with E-state index in [9.17, 15) is 0 Å². The first-order valence-corrected chi connectivity index (χ1v) is 8.12. The summed E-state index contributed by atoms with van der Waals surface area (Å²) >= 11 is 1.26. The van der Waals surface area contributed by atoms with E-state index in [2.05, 4.69) is 52.2 Å². The van der Waals surface area contributed by atoms with Crippen molar-refractivity contribution in [1.82, 2.24) is 23.8 Å². The van der Waals surface area contributed by atoms with E-state index < -0.39 is 0 Å². The number of benzene rings is 1. The van der Waals surface area contributed by atoms with Crippen molar-refractivity contribution in [1.29, 1.82) is 0 Å². The van der Waals surface area contributed by atoms with Gasteiger partial charge >= 0.3 is 0 Å². The number of aromatic nitrogens is 4. The minimum absolute atomic E-state index is 0.0527. The highest BCUT2D eigenvalue weighted by atomic mass is 32.1. The Bertz CT molecular complexity index is 781. The van der Waals surface area contributed by atoms with Crippen molar-refractivity contribution in [3.05, 3.63) is 41.2 Å². The zero-order valence-corrected chi connectivity index (χ0v) is 14.2. The molecular formula is C16H21N5S. The van der Waals surface area contributed by atoms with Crippen molar-refractivity contribution in [2.45, 2.75) is 39.3 Å². The number of hydrogen-bond acceptors (Lipinski definition) is 5. The normalized spacial score (nSPS) is 12.2. The Morgan fingerprint density at radius 3 is 2.68 bits per heavy atom. The van der Waals surface area contributed by atoms with Gasteiger partial charge in [-0.2, -0.15) is 13.8 Å². The van der Waals surface area contributed by atoms with Crippen LogP contribution in [0.4, 0.5) is 0 Å². The molecule has 2 aromatic heterocycles. The lowest BCUT2D eigenvalue weighted by atomic mass is 9.89. The second-order valence-electron chi connectivity index (χ2n) is 6.58. The van der Waals surface area contributed by atoms with Crippen LogP contribution >= 0.6 is 11.7 Å². The summed E-state index contributed by atoms with van der Waals surface area (Å²) in [5.41, 5.74) is 5.61. The Labute approximate surface area is 134 Å². The van der Waals surface area contributed by atoms with Crippen LogP contribution in [0.25, 0.3) is 11.0 Å². The average Bonchev–Trinajstić information content (AvgIpc) is 3.05. The van der Waals surface area contributed by atoms with Gasteiger partial charge in [0.1, 0.15) is 11.0 Å².